The van der Waals surface area contributed by atoms with Gasteiger partial charge in [0, 0.05) is 18.3 Å². The number of carbonyl (C=O) groups is 1. The molecule has 3 aromatic rings. The normalized spacial score (nSPS) is 11.1. The third kappa shape index (κ3) is 4.07. The Morgan fingerprint density at radius 2 is 1.61 bits per heavy atom. The largest absolute Gasteiger partial charge is 0.322 e. The molecule has 5 nitrogen and oxygen atoms in total. The van der Waals surface area contributed by atoms with E-state index < -0.39 is 10.0 Å². The summed E-state index contributed by atoms with van der Waals surface area (Å²) < 4.78 is 27.1. The molecule has 0 aromatic heterocycles. The smallest absolute Gasteiger partial charge is 0.264 e. The molecule has 0 aliphatic heterocycles. The van der Waals surface area contributed by atoms with E-state index >= 15 is 0 Å². The molecule has 0 spiro atoms. The fourth-order valence-electron chi connectivity index (χ4n) is 2.80. The summed E-state index contributed by atoms with van der Waals surface area (Å²) in [7, 11) is -2.29. The van der Waals surface area contributed by atoms with Crippen molar-refractivity contribution >= 4 is 27.3 Å². The highest BCUT2D eigenvalue weighted by Gasteiger charge is 2.22. The predicted molar refractivity (Wildman–Crippen MR) is 112 cm³/mol. The first-order valence-electron chi connectivity index (χ1n) is 8.82. The van der Waals surface area contributed by atoms with Gasteiger partial charge in [-0.05, 0) is 61.4 Å². The lowest BCUT2D eigenvalue weighted by Crippen LogP contribution is -2.26. The van der Waals surface area contributed by atoms with Crippen LogP contribution in [0.5, 0.6) is 0 Å². The Morgan fingerprint density at radius 1 is 0.893 bits per heavy atom. The van der Waals surface area contributed by atoms with Gasteiger partial charge in [-0.25, -0.2) is 8.42 Å². The number of anilines is 2. The van der Waals surface area contributed by atoms with Crippen molar-refractivity contribution in [1.82, 2.24) is 0 Å². The van der Waals surface area contributed by atoms with Gasteiger partial charge in [0.15, 0.2) is 0 Å². The SMILES string of the molecule is Cc1ccc(C)c(NC(=O)c2cccc(S(=O)(=O)N(C)c3ccccc3)c2)c1. The Bertz CT molecular complexity index is 1110. The van der Waals surface area contributed by atoms with E-state index in [4.69, 9.17) is 0 Å². The molecule has 0 fully saturated rings. The number of para-hydroxylation sites is 1. The van der Waals surface area contributed by atoms with Crippen molar-refractivity contribution in [1.29, 1.82) is 0 Å². The van der Waals surface area contributed by atoms with Gasteiger partial charge in [-0.1, -0.05) is 36.4 Å². The van der Waals surface area contributed by atoms with E-state index in [0.29, 0.717) is 11.4 Å². The van der Waals surface area contributed by atoms with Crippen LogP contribution in [0.4, 0.5) is 11.4 Å². The van der Waals surface area contributed by atoms with E-state index in [1.807, 2.05) is 38.1 Å². The fourth-order valence-corrected chi connectivity index (χ4v) is 4.04. The predicted octanol–water partition coefficient (Wildman–Crippen LogP) is 4.38. The lowest BCUT2D eigenvalue weighted by Gasteiger charge is -2.19. The highest BCUT2D eigenvalue weighted by Crippen LogP contribution is 2.23. The Hall–Kier alpha value is -3.12. The van der Waals surface area contributed by atoms with Crippen molar-refractivity contribution in [3.05, 3.63) is 89.5 Å². The maximum atomic E-state index is 13.0. The van der Waals surface area contributed by atoms with Crippen LogP contribution in [-0.2, 0) is 10.0 Å². The van der Waals surface area contributed by atoms with Gasteiger partial charge in [0.25, 0.3) is 15.9 Å². The average Bonchev–Trinajstić information content (AvgIpc) is 2.71. The molecule has 3 rings (SSSR count). The topological polar surface area (TPSA) is 66.5 Å². The first kappa shape index (κ1) is 19.6. The molecular formula is C22H22N2O3S. The highest BCUT2D eigenvalue weighted by molar-refractivity contribution is 7.92. The van der Waals surface area contributed by atoms with Crippen molar-refractivity contribution in [2.45, 2.75) is 18.7 Å². The Morgan fingerprint density at radius 3 is 2.32 bits per heavy atom. The van der Waals surface area contributed by atoms with Gasteiger partial charge < -0.3 is 5.32 Å². The Labute approximate surface area is 165 Å². The summed E-state index contributed by atoms with van der Waals surface area (Å²) in [6.07, 6.45) is 0. The minimum absolute atomic E-state index is 0.0625. The maximum absolute atomic E-state index is 13.0. The molecule has 144 valence electrons. The van der Waals surface area contributed by atoms with Crippen molar-refractivity contribution in [2.75, 3.05) is 16.7 Å². The van der Waals surface area contributed by atoms with Crippen LogP contribution in [0.2, 0.25) is 0 Å². The molecular weight excluding hydrogens is 372 g/mol. The van der Waals surface area contributed by atoms with Crippen LogP contribution in [0, 0.1) is 13.8 Å². The zero-order valence-corrected chi connectivity index (χ0v) is 16.8. The Kier molecular flexibility index (Phi) is 5.51. The lowest BCUT2D eigenvalue weighted by atomic mass is 10.1. The molecule has 3 aromatic carbocycles. The van der Waals surface area contributed by atoms with Crippen molar-refractivity contribution in [3.63, 3.8) is 0 Å². The molecule has 0 unspecified atom stereocenters. The minimum atomic E-state index is -3.78. The van der Waals surface area contributed by atoms with E-state index in [9.17, 15) is 13.2 Å². The molecule has 28 heavy (non-hydrogen) atoms. The number of sulfonamides is 1. The van der Waals surface area contributed by atoms with Crippen LogP contribution >= 0.6 is 0 Å². The summed E-state index contributed by atoms with van der Waals surface area (Å²) in [5.74, 6) is -0.354. The van der Waals surface area contributed by atoms with E-state index in [0.717, 1.165) is 11.1 Å². The monoisotopic (exact) mass is 394 g/mol. The van der Waals surface area contributed by atoms with Gasteiger partial charge in [-0.2, -0.15) is 0 Å². The maximum Gasteiger partial charge on any atom is 0.264 e. The Balaban J connectivity index is 1.89. The number of benzene rings is 3. The molecule has 1 N–H and O–H groups in total. The van der Waals surface area contributed by atoms with Crippen LogP contribution in [0.15, 0.2) is 77.7 Å². The number of nitrogens with one attached hydrogen (secondary N) is 1. The molecule has 0 radical (unpaired) electrons. The number of carbonyl (C=O) groups excluding carboxylic acids is 1. The fraction of sp³-hybridized carbons (Fsp3) is 0.136. The summed E-state index contributed by atoms with van der Waals surface area (Å²) in [6.45, 7) is 3.85. The summed E-state index contributed by atoms with van der Waals surface area (Å²) in [4.78, 5) is 12.7. The molecule has 0 saturated carbocycles. The third-order valence-electron chi connectivity index (χ3n) is 4.52. The van der Waals surface area contributed by atoms with Crippen LogP contribution < -0.4 is 9.62 Å². The number of nitrogens with zero attached hydrogens (tertiary/aromatic N) is 1. The second kappa shape index (κ2) is 7.86. The van der Waals surface area contributed by atoms with Crippen LogP contribution in [0.1, 0.15) is 21.5 Å². The first-order valence-corrected chi connectivity index (χ1v) is 10.3. The number of amides is 1. The van der Waals surface area contributed by atoms with Gasteiger partial charge >= 0.3 is 0 Å². The average molecular weight is 394 g/mol. The van der Waals surface area contributed by atoms with E-state index in [1.165, 1.54) is 23.5 Å². The molecule has 0 atom stereocenters. The van der Waals surface area contributed by atoms with Crippen LogP contribution in [-0.4, -0.2) is 21.4 Å². The standard InChI is InChI=1S/C22H22N2O3S/c1-16-12-13-17(2)21(14-16)23-22(25)18-8-7-11-20(15-18)28(26,27)24(3)19-9-5-4-6-10-19/h4-15H,1-3H3,(H,23,25). The van der Waals surface area contributed by atoms with Crippen molar-refractivity contribution < 1.29 is 13.2 Å². The molecule has 0 saturated heterocycles. The zero-order valence-electron chi connectivity index (χ0n) is 16.0. The molecule has 6 heteroatoms. The number of aryl methyl sites for hydroxylation is 2. The first-order chi connectivity index (χ1) is 13.3. The molecule has 0 heterocycles. The van der Waals surface area contributed by atoms with E-state index in [1.54, 1.807) is 36.4 Å². The van der Waals surface area contributed by atoms with Gasteiger partial charge in [-0.3, -0.25) is 9.10 Å². The summed E-state index contributed by atoms with van der Waals surface area (Å²) >= 11 is 0. The van der Waals surface area contributed by atoms with Gasteiger partial charge in [-0.15, -0.1) is 0 Å². The number of hydrogen-bond donors (Lipinski definition) is 1. The van der Waals surface area contributed by atoms with Crippen molar-refractivity contribution in [2.24, 2.45) is 0 Å². The van der Waals surface area contributed by atoms with Crippen LogP contribution in [0.25, 0.3) is 0 Å². The van der Waals surface area contributed by atoms with Gasteiger partial charge in [0.05, 0.1) is 10.6 Å². The summed E-state index contributed by atoms with van der Waals surface area (Å²) in [6, 6.07) is 20.6. The summed E-state index contributed by atoms with van der Waals surface area (Å²) in [5, 5.41) is 2.86. The van der Waals surface area contributed by atoms with Crippen LogP contribution in [0.3, 0.4) is 0 Å². The molecule has 0 bridgehead atoms. The number of hydrogen-bond acceptors (Lipinski definition) is 3. The molecule has 1 amide bonds. The second-order valence-electron chi connectivity index (χ2n) is 6.61. The van der Waals surface area contributed by atoms with E-state index in [2.05, 4.69) is 5.32 Å². The lowest BCUT2D eigenvalue weighted by molar-refractivity contribution is 0.102. The quantitative estimate of drug-likeness (QED) is 0.698. The summed E-state index contributed by atoms with van der Waals surface area (Å²) in [5.41, 5.74) is 3.50. The third-order valence-corrected chi connectivity index (χ3v) is 6.30. The highest BCUT2D eigenvalue weighted by atomic mass is 32.2. The number of rotatable bonds is 5. The van der Waals surface area contributed by atoms with Gasteiger partial charge in [0.2, 0.25) is 0 Å². The zero-order chi connectivity index (χ0) is 20.3. The second-order valence-corrected chi connectivity index (χ2v) is 8.58. The molecule has 0 aliphatic rings. The van der Waals surface area contributed by atoms with E-state index in [-0.39, 0.29) is 16.4 Å². The molecule has 0 aliphatic carbocycles. The van der Waals surface area contributed by atoms with Crippen molar-refractivity contribution in [3.8, 4) is 0 Å². The minimum Gasteiger partial charge on any atom is -0.322 e. The van der Waals surface area contributed by atoms with Gasteiger partial charge in [0.1, 0.15) is 0 Å².